The first-order chi connectivity index (χ1) is 14.5. The highest BCUT2D eigenvalue weighted by Crippen LogP contribution is 2.27. The number of hydrogen-bond acceptors (Lipinski definition) is 4. The lowest BCUT2D eigenvalue weighted by Crippen LogP contribution is -2.32. The molecule has 6 heteroatoms. The average Bonchev–Trinajstić information content (AvgIpc) is 3.19. The molecular formula is C24H27FN2O2S. The summed E-state index contributed by atoms with van der Waals surface area (Å²) in [5.41, 5.74) is 2.04. The summed E-state index contributed by atoms with van der Waals surface area (Å²) in [6.07, 6.45) is 0.784. The van der Waals surface area contributed by atoms with Crippen molar-refractivity contribution in [3.8, 4) is 5.75 Å². The Hall–Kier alpha value is -2.73. The van der Waals surface area contributed by atoms with Gasteiger partial charge in [0.1, 0.15) is 23.2 Å². The highest BCUT2D eigenvalue weighted by Gasteiger charge is 2.20. The minimum Gasteiger partial charge on any atom is -0.486 e. The lowest BCUT2D eigenvalue weighted by Gasteiger charge is -2.21. The molecule has 0 aliphatic carbocycles. The molecule has 0 aliphatic heterocycles. The molecular weight excluding hydrogens is 399 g/mol. The number of carbonyl (C=O) groups is 1. The Morgan fingerprint density at radius 1 is 1.17 bits per heavy atom. The molecule has 0 spiro atoms. The Labute approximate surface area is 181 Å². The average molecular weight is 427 g/mol. The highest BCUT2D eigenvalue weighted by molar-refractivity contribution is 7.09. The van der Waals surface area contributed by atoms with Crippen molar-refractivity contribution in [2.45, 2.75) is 46.3 Å². The molecule has 0 unspecified atom stereocenters. The summed E-state index contributed by atoms with van der Waals surface area (Å²) in [4.78, 5) is 19.1. The summed E-state index contributed by atoms with van der Waals surface area (Å²) in [6.45, 7) is 7.53. The molecule has 4 nitrogen and oxygen atoms in total. The van der Waals surface area contributed by atoms with Crippen LogP contribution in [0.15, 0.2) is 53.9 Å². The maximum absolute atomic E-state index is 14.1. The van der Waals surface area contributed by atoms with Crippen LogP contribution in [0.3, 0.4) is 0 Å². The molecule has 30 heavy (non-hydrogen) atoms. The van der Waals surface area contributed by atoms with Gasteiger partial charge in [0.05, 0.1) is 17.8 Å². The lowest BCUT2D eigenvalue weighted by molar-refractivity contribution is 0.0736. The topological polar surface area (TPSA) is 42.4 Å². The molecule has 0 bridgehead atoms. The van der Waals surface area contributed by atoms with Crippen molar-refractivity contribution in [1.29, 1.82) is 0 Å². The van der Waals surface area contributed by atoms with Gasteiger partial charge >= 0.3 is 0 Å². The van der Waals surface area contributed by atoms with Gasteiger partial charge in [-0.2, -0.15) is 0 Å². The van der Waals surface area contributed by atoms with Crippen LogP contribution in [0.5, 0.6) is 5.75 Å². The molecule has 3 rings (SSSR count). The quantitative estimate of drug-likeness (QED) is 0.419. The van der Waals surface area contributed by atoms with Crippen molar-refractivity contribution in [3.63, 3.8) is 0 Å². The van der Waals surface area contributed by atoms with E-state index in [4.69, 9.17) is 4.74 Å². The molecule has 0 aliphatic rings. The number of para-hydroxylation sites is 1. The predicted octanol–water partition coefficient (Wildman–Crippen LogP) is 6.04. The summed E-state index contributed by atoms with van der Waals surface area (Å²) >= 11 is 1.51. The van der Waals surface area contributed by atoms with Gasteiger partial charge in [0.15, 0.2) is 0 Å². The van der Waals surface area contributed by atoms with Crippen molar-refractivity contribution in [1.82, 2.24) is 9.88 Å². The van der Waals surface area contributed by atoms with Crippen molar-refractivity contribution in [2.75, 3.05) is 6.54 Å². The van der Waals surface area contributed by atoms with Crippen LogP contribution in [-0.2, 0) is 13.2 Å². The third-order valence-electron chi connectivity index (χ3n) is 4.73. The third-order valence-corrected chi connectivity index (χ3v) is 5.60. The number of hydrogen-bond donors (Lipinski definition) is 0. The minimum absolute atomic E-state index is 0.0926. The van der Waals surface area contributed by atoms with Crippen molar-refractivity contribution in [2.24, 2.45) is 0 Å². The standard InChI is InChI=1S/C24H27FN2O2S/c1-4-13-27(24(28)20-10-5-7-11-21(20)25)14-18-16-30-23(26-18)15-29-22-12-8-6-9-19(22)17(2)3/h5-12,16-17H,4,13-15H2,1-3H3. The molecule has 158 valence electrons. The molecule has 1 amide bonds. The zero-order chi connectivity index (χ0) is 21.5. The number of rotatable bonds is 9. The summed E-state index contributed by atoms with van der Waals surface area (Å²) in [6, 6.07) is 14.1. The third kappa shape index (κ3) is 5.45. The van der Waals surface area contributed by atoms with Gasteiger partial charge < -0.3 is 9.64 Å². The van der Waals surface area contributed by atoms with Gasteiger partial charge in [-0.05, 0) is 36.1 Å². The van der Waals surface area contributed by atoms with Crippen LogP contribution in [0.1, 0.15) is 59.7 Å². The van der Waals surface area contributed by atoms with E-state index in [0.717, 1.165) is 22.9 Å². The van der Waals surface area contributed by atoms with Crippen LogP contribution >= 0.6 is 11.3 Å². The maximum atomic E-state index is 14.1. The zero-order valence-electron chi connectivity index (χ0n) is 17.6. The van der Waals surface area contributed by atoms with E-state index >= 15 is 0 Å². The smallest absolute Gasteiger partial charge is 0.257 e. The van der Waals surface area contributed by atoms with Crippen LogP contribution in [0.4, 0.5) is 4.39 Å². The van der Waals surface area contributed by atoms with Crippen LogP contribution in [0, 0.1) is 5.82 Å². The summed E-state index contributed by atoms with van der Waals surface area (Å²) in [7, 11) is 0. The Morgan fingerprint density at radius 3 is 2.63 bits per heavy atom. The van der Waals surface area contributed by atoms with Crippen molar-refractivity contribution < 1.29 is 13.9 Å². The number of amides is 1. The van der Waals surface area contributed by atoms with E-state index in [2.05, 4.69) is 24.9 Å². The van der Waals surface area contributed by atoms with Gasteiger partial charge in [0.25, 0.3) is 5.91 Å². The number of thiazole rings is 1. The molecule has 0 radical (unpaired) electrons. The van der Waals surface area contributed by atoms with E-state index in [1.54, 1.807) is 17.0 Å². The van der Waals surface area contributed by atoms with Gasteiger partial charge in [-0.1, -0.05) is 51.1 Å². The van der Waals surface area contributed by atoms with E-state index < -0.39 is 5.82 Å². The van der Waals surface area contributed by atoms with E-state index in [0.29, 0.717) is 25.6 Å². The SMILES string of the molecule is CCCN(Cc1csc(COc2ccccc2C(C)C)n1)C(=O)c1ccccc1F. The first-order valence-corrected chi connectivity index (χ1v) is 11.1. The van der Waals surface area contributed by atoms with Gasteiger partial charge in [-0.3, -0.25) is 4.79 Å². The Bertz CT molecular complexity index is 987. The summed E-state index contributed by atoms with van der Waals surface area (Å²) < 4.78 is 20.1. The number of nitrogens with zero attached hydrogens (tertiary/aromatic N) is 2. The predicted molar refractivity (Wildman–Crippen MR) is 118 cm³/mol. The molecule has 0 N–H and O–H groups in total. The second-order valence-electron chi connectivity index (χ2n) is 7.42. The minimum atomic E-state index is -0.500. The largest absolute Gasteiger partial charge is 0.486 e. The molecule has 0 saturated heterocycles. The molecule has 0 atom stereocenters. The molecule has 1 aromatic heterocycles. The Kier molecular flexibility index (Phi) is 7.57. The second kappa shape index (κ2) is 10.3. The van der Waals surface area contributed by atoms with Crippen LogP contribution in [0.25, 0.3) is 0 Å². The molecule has 0 saturated carbocycles. The second-order valence-corrected chi connectivity index (χ2v) is 8.36. The van der Waals surface area contributed by atoms with Gasteiger partial charge in [-0.15, -0.1) is 11.3 Å². The van der Waals surface area contributed by atoms with E-state index in [9.17, 15) is 9.18 Å². The van der Waals surface area contributed by atoms with Gasteiger partial charge in [-0.25, -0.2) is 9.37 Å². The fourth-order valence-electron chi connectivity index (χ4n) is 3.24. The van der Waals surface area contributed by atoms with E-state index in [1.807, 2.05) is 30.5 Å². The van der Waals surface area contributed by atoms with Gasteiger partial charge in [0.2, 0.25) is 0 Å². The first kappa shape index (κ1) is 22.0. The monoisotopic (exact) mass is 426 g/mol. The molecule has 3 aromatic rings. The number of carbonyl (C=O) groups excluding carboxylic acids is 1. The Balaban J connectivity index is 1.67. The van der Waals surface area contributed by atoms with Crippen molar-refractivity contribution in [3.05, 3.63) is 81.6 Å². The van der Waals surface area contributed by atoms with Crippen molar-refractivity contribution >= 4 is 17.2 Å². The number of benzene rings is 2. The van der Waals surface area contributed by atoms with Crippen LogP contribution in [0.2, 0.25) is 0 Å². The van der Waals surface area contributed by atoms with Crippen LogP contribution in [-0.4, -0.2) is 22.3 Å². The fourth-order valence-corrected chi connectivity index (χ4v) is 3.94. The van der Waals surface area contributed by atoms with E-state index in [-0.39, 0.29) is 11.5 Å². The molecule has 2 aromatic carbocycles. The summed E-state index contributed by atoms with van der Waals surface area (Å²) in [5.74, 6) is 0.429. The first-order valence-electron chi connectivity index (χ1n) is 10.2. The maximum Gasteiger partial charge on any atom is 0.257 e. The fraction of sp³-hybridized carbons (Fsp3) is 0.333. The normalized spacial score (nSPS) is 11.0. The lowest BCUT2D eigenvalue weighted by atomic mass is 10.0. The highest BCUT2D eigenvalue weighted by atomic mass is 32.1. The van der Waals surface area contributed by atoms with Crippen LogP contribution < -0.4 is 4.74 Å². The molecule has 1 heterocycles. The van der Waals surface area contributed by atoms with Gasteiger partial charge in [0, 0.05) is 11.9 Å². The molecule has 0 fully saturated rings. The number of halogens is 1. The zero-order valence-corrected chi connectivity index (χ0v) is 18.4. The number of ether oxygens (including phenoxy) is 1. The van der Waals surface area contributed by atoms with E-state index in [1.165, 1.54) is 29.0 Å². The summed E-state index contributed by atoms with van der Waals surface area (Å²) in [5, 5.41) is 2.78. The Morgan fingerprint density at radius 2 is 1.90 bits per heavy atom. The number of aromatic nitrogens is 1.